The maximum Gasteiger partial charge on any atom is 0.183 e. The van der Waals surface area contributed by atoms with Crippen LogP contribution < -0.4 is 10.1 Å². The number of carbonyl (C=O) groups is 1. The number of piperazine rings is 1. The third kappa shape index (κ3) is 3.76. The first-order valence-corrected chi connectivity index (χ1v) is 7.84. The van der Waals surface area contributed by atoms with Crippen LogP contribution in [0.4, 0.5) is 0 Å². The van der Waals surface area contributed by atoms with Gasteiger partial charge in [0.15, 0.2) is 5.78 Å². The topological polar surface area (TPSA) is 41.6 Å². The molecule has 1 aliphatic rings. The summed E-state index contributed by atoms with van der Waals surface area (Å²) in [5.74, 6) is 0.702. The zero-order valence-electron chi connectivity index (χ0n) is 12.9. The maximum absolute atomic E-state index is 12.8. The lowest BCUT2D eigenvalue weighted by Crippen LogP contribution is -2.50. The monoisotopic (exact) mass is 310 g/mol. The van der Waals surface area contributed by atoms with Crippen molar-refractivity contribution in [1.29, 1.82) is 0 Å². The van der Waals surface area contributed by atoms with Crippen LogP contribution in [0.3, 0.4) is 0 Å². The molecule has 1 unspecified atom stereocenters. The summed E-state index contributed by atoms with van der Waals surface area (Å²) in [5, 5.41) is 3.90. The molecule has 0 spiro atoms. The number of carbonyl (C=O) groups excluding carboxylic acids is 1. The Morgan fingerprint density at radius 2 is 2.10 bits per heavy atom. The minimum absolute atomic E-state index is 0.0715. The van der Waals surface area contributed by atoms with E-state index in [9.17, 15) is 4.79 Å². The van der Waals surface area contributed by atoms with Crippen molar-refractivity contribution < 1.29 is 9.53 Å². The van der Waals surface area contributed by atoms with E-state index in [2.05, 4.69) is 10.2 Å². The number of rotatable bonds is 5. The van der Waals surface area contributed by atoms with E-state index in [0.717, 1.165) is 31.7 Å². The van der Waals surface area contributed by atoms with Crippen LogP contribution in [0.25, 0.3) is 0 Å². The summed E-state index contributed by atoms with van der Waals surface area (Å²) in [6.45, 7) is 9.93. The normalized spacial score (nSPS) is 17.5. The number of halogens is 1. The predicted octanol–water partition coefficient (Wildman–Crippen LogP) is 2.52. The molecular weight excluding hydrogens is 288 g/mol. The van der Waals surface area contributed by atoms with Crippen molar-refractivity contribution in [2.24, 2.45) is 0 Å². The van der Waals surface area contributed by atoms with Crippen molar-refractivity contribution in [3.8, 4) is 5.75 Å². The molecule has 1 atom stereocenters. The van der Waals surface area contributed by atoms with Crippen molar-refractivity contribution >= 4 is 17.4 Å². The third-order valence-electron chi connectivity index (χ3n) is 3.90. The Balaban J connectivity index is 2.26. The number of ether oxygens (including phenoxy) is 1. The number of hydrogen-bond acceptors (Lipinski definition) is 4. The third-order valence-corrected chi connectivity index (χ3v) is 4.31. The van der Waals surface area contributed by atoms with Crippen molar-refractivity contribution in [2.75, 3.05) is 32.8 Å². The smallest absolute Gasteiger partial charge is 0.183 e. The Morgan fingerprint density at radius 3 is 2.71 bits per heavy atom. The highest BCUT2D eigenvalue weighted by atomic mass is 35.5. The zero-order valence-corrected chi connectivity index (χ0v) is 13.7. The number of hydrogen-bond donors (Lipinski definition) is 1. The summed E-state index contributed by atoms with van der Waals surface area (Å²) in [4.78, 5) is 15.0. The highest BCUT2D eigenvalue weighted by Crippen LogP contribution is 2.28. The van der Waals surface area contributed by atoms with Crippen LogP contribution in [-0.4, -0.2) is 49.5 Å². The van der Waals surface area contributed by atoms with Gasteiger partial charge in [-0.1, -0.05) is 11.6 Å². The molecule has 0 radical (unpaired) electrons. The Morgan fingerprint density at radius 1 is 1.43 bits per heavy atom. The van der Waals surface area contributed by atoms with Gasteiger partial charge in [-0.3, -0.25) is 9.69 Å². The molecule has 116 valence electrons. The molecular formula is C16H23ClN2O2. The van der Waals surface area contributed by atoms with Gasteiger partial charge in [-0.2, -0.15) is 0 Å². The van der Waals surface area contributed by atoms with E-state index >= 15 is 0 Å². The summed E-state index contributed by atoms with van der Waals surface area (Å²) in [5.41, 5.74) is 1.50. The van der Waals surface area contributed by atoms with Crippen LogP contribution in [0, 0.1) is 6.92 Å². The van der Waals surface area contributed by atoms with Crippen molar-refractivity contribution in [2.45, 2.75) is 26.8 Å². The molecule has 1 fully saturated rings. The molecule has 0 amide bonds. The number of aryl methyl sites for hydroxylation is 1. The molecule has 0 aromatic heterocycles. The molecule has 1 aromatic rings. The Kier molecular flexibility index (Phi) is 5.62. The number of benzene rings is 1. The van der Waals surface area contributed by atoms with Gasteiger partial charge in [0.25, 0.3) is 0 Å². The van der Waals surface area contributed by atoms with Crippen LogP contribution in [0.2, 0.25) is 5.02 Å². The standard InChI is InChI=1S/C16H23ClN2O2/c1-4-21-15-9-11(2)14(17)10-13(15)16(20)12(3)19-7-5-18-6-8-19/h9-10,12,18H,4-8H2,1-3H3. The van der Waals surface area contributed by atoms with Gasteiger partial charge >= 0.3 is 0 Å². The fourth-order valence-corrected chi connectivity index (χ4v) is 2.75. The molecule has 0 bridgehead atoms. The van der Waals surface area contributed by atoms with Gasteiger partial charge in [0, 0.05) is 31.2 Å². The molecule has 1 saturated heterocycles. The largest absolute Gasteiger partial charge is 0.493 e. The van der Waals surface area contributed by atoms with Gasteiger partial charge in [0.1, 0.15) is 5.75 Å². The van der Waals surface area contributed by atoms with E-state index < -0.39 is 0 Å². The second-order valence-corrected chi connectivity index (χ2v) is 5.76. The van der Waals surface area contributed by atoms with Gasteiger partial charge in [-0.05, 0) is 38.5 Å². The average Bonchev–Trinajstić information content (AvgIpc) is 2.50. The van der Waals surface area contributed by atoms with E-state index in [0.29, 0.717) is 22.9 Å². The lowest BCUT2D eigenvalue weighted by molar-refractivity contribution is 0.0816. The van der Waals surface area contributed by atoms with Crippen molar-refractivity contribution in [3.05, 3.63) is 28.3 Å². The van der Waals surface area contributed by atoms with Gasteiger partial charge in [0.2, 0.25) is 0 Å². The highest BCUT2D eigenvalue weighted by molar-refractivity contribution is 6.31. The van der Waals surface area contributed by atoms with E-state index in [4.69, 9.17) is 16.3 Å². The van der Waals surface area contributed by atoms with Gasteiger partial charge in [-0.25, -0.2) is 0 Å². The lowest BCUT2D eigenvalue weighted by atomic mass is 10.0. The fraction of sp³-hybridized carbons (Fsp3) is 0.562. The number of Topliss-reactive ketones (excluding diaryl/α,β-unsaturated/α-hetero) is 1. The predicted molar refractivity (Wildman–Crippen MR) is 85.6 cm³/mol. The second-order valence-electron chi connectivity index (χ2n) is 5.36. The SMILES string of the molecule is CCOc1cc(C)c(Cl)cc1C(=O)C(C)N1CCNCC1. The summed E-state index contributed by atoms with van der Waals surface area (Å²) >= 11 is 6.19. The highest BCUT2D eigenvalue weighted by Gasteiger charge is 2.26. The fourth-order valence-electron chi connectivity index (χ4n) is 2.58. The van der Waals surface area contributed by atoms with E-state index in [1.54, 1.807) is 6.07 Å². The van der Waals surface area contributed by atoms with Gasteiger partial charge < -0.3 is 10.1 Å². The summed E-state index contributed by atoms with van der Waals surface area (Å²) in [7, 11) is 0. The Hall–Kier alpha value is -1.10. The second kappa shape index (κ2) is 7.25. The average molecular weight is 311 g/mol. The summed E-state index contributed by atoms with van der Waals surface area (Å²) in [6, 6.07) is 3.43. The first-order chi connectivity index (χ1) is 10.0. The molecule has 0 aliphatic carbocycles. The summed E-state index contributed by atoms with van der Waals surface area (Å²) in [6.07, 6.45) is 0. The Labute approximate surface area is 131 Å². The molecule has 1 aromatic carbocycles. The van der Waals surface area contributed by atoms with Crippen LogP contribution in [0.15, 0.2) is 12.1 Å². The van der Waals surface area contributed by atoms with Crippen molar-refractivity contribution in [3.63, 3.8) is 0 Å². The molecule has 4 nitrogen and oxygen atoms in total. The minimum atomic E-state index is -0.162. The van der Waals surface area contributed by atoms with Gasteiger partial charge in [0.05, 0.1) is 18.2 Å². The first-order valence-electron chi connectivity index (χ1n) is 7.46. The van der Waals surface area contributed by atoms with Crippen LogP contribution in [-0.2, 0) is 0 Å². The summed E-state index contributed by atoms with van der Waals surface area (Å²) < 4.78 is 5.62. The van der Waals surface area contributed by atoms with Crippen LogP contribution >= 0.6 is 11.6 Å². The first kappa shape index (κ1) is 16.3. The van der Waals surface area contributed by atoms with Gasteiger partial charge in [-0.15, -0.1) is 0 Å². The molecule has 2 rings (SSSR count). The quantitative estimate of drug-likeness (QED) is 0.849. The molecule has 1 N–H and O–H groups in total. The molecule has 1 aliphatic heterocycles. The van der Waals surface area contributed by atoms with Crippen LogP contribution in [0.1, 0.15) is 29.8 Å². The minimum Gasteiger partial charge on any atom is -0.493 e. The van der Waals surface area contributed by atoms with E-state index in [1.807, 2.05) is 26.8 Å². The Bertz CT molecular complexity index is 513. The number of nitrogens with one attached hydrogen (secondary N) is 1. The van der Waals surface area contributed by atoms with Crippen molar-refractivity contribution in [1.82, 2.24) is 10.2 Å². The molecule has 1 heterocycles. The number of ketones is 1. The molecule has 5 heteroatoms. The van der Waals surface area contributed by atoms with E-state index in [1.165, 1.54) is 0 Å². The zero-order chi connectivity index (χ0) is 15.4. The number of nitrogens with zero attached hydrogens (tertiary/aromatic N) is 1. The molecule has 0 saturated carbocycles. The maximum atomic E-state index is 12.8. The lowest BCUT2D eigenvalue weighted by Gasteiger charge is -2.32. The molecule has 21 heavy (non-hydrogen) atoms. The van der Waals surface area contributed by atoms with Crippen LogP contribution in [0.5, 0.6) is 5.75 Å². The van der Waals surface area contributed by atoms with E-state index in [-0.39, 0.29) is 11.8 Å².